The van der Waals surface area contributed by atoms with Crippen LogP contribution in [0.3, 0.4) is 0 Å². The van der Waals surface area contributed by atoms with Gasteiger partial charge in [0, 0.05) is 19.3 Å². The Morgan fingerprint density at radius 2 is 1.92 bits per heavy atom. The highest BCUT2D eigenvalue weighted by Gasteiger charge is 2.28. The first kappa shape index (κ1) is 8.66. The summed E-state index contributed by atoms with van der Waals surface area (Å²) in [6, 6.07) is 6.09. The molecule has 1 saturated heterocycles. The third-order valence-corrected chi connectivity index (χ3v) is 2.59. The fourth-order valence-corrected chi connectivity index (χ4v) is 1.88. The average molecular weight is 177 g/mol. The minimum Gasteiger partial charge on any atom is -0.285 e. The Hall–Kier alpha value is -0.930. The lowest BCUT2D eigenvalue weighted by molar-refractivity contribution is 0.185. The molecule has 0 unspecified atom stereocenters. The molecular formula is C10H15N3. The molecule has 0 atom stereocenters. The SMILES string of the molecule is CN1CCN(C)C1c1ccccn1. The van der Waals surface area contributed by atoms with Crippen LogP contribution < -0.4 is 0 Å². The van der Waals surface area contributed by atoms with E-state index in [0.29, 0.717) is 6.17 Å². The number of likely N-dealkylation sites (N-methyl/N-ethyl adjacent to an activating group) is 2. The predicted octanol–water partition coefficient (Wildman–Crippen LogP) is 0.957. The zero-order valence-electron chi connectivity index (χ0n) is 8.14. The van der Waals surface area contributed by atoms with Gasteiger partial charge in [-0.3, -0.25) is 14.8 Å². The van der Waals surface area contributed by atoms with Crippen molar-refractivity contribution in [2.45, 2.75) is 6.17 Å². The molecule has 0 bridgehead atoms. The van der Waals surface area contributed by atoms with Gasteiger partial charge in [0.25, 0.3) is 0 Å². The summed E-state index contributed by atoms with van der Waals surface area (Å²) >= 11 is 0. The van der Waals surface area contributed by atoms with Gasteiger partial charge in [-0.25, -0.2) is 0 Å². The molecule has 0 spiro atoms. The van der Waals surface area contributed by atoms with Crippen LogP contribution in [0.4, 0.5) is 0 Å². The third-order valence-electron chi connectivity index (χ3n) is 2.59. The molecule has 0 aromatic carbocycles. The highest BCUT2D eigenvalue weighted by atomic mass is 15.4. The van der Waals surface area contributed by atoms with Gasteiger partial charge in [-0.15, -0.1) is 0 Å². The van der Waals surface area contributed by atoms with Crippen LogP contribution in [-0.4, -0.2) is 42.0 Å². The number of rotatable bonds is 1. The molecule has 13 heavy (non-hydrogen) atoms. The smallest absolute Gasteiger partial charge is 0.106 e. The molecule has 0 N–H and O–H groups in total. The normalized spacial score (nSPS) is 21.1. The standard InChI is InChI=1S/C10H15N3/c1-12-7-8-13(2)10(12)9-5-3-4-6-11-9/h3-6,10H,7-8H2,1-2H3. The molecule has 1 fully saturated rings. The molecule has 3 heteroatoms. The van der Waals surface area contributed by atoms with Gasteiger partial charge in [0.1, 0.15) is 6.17 Å². The van der Waals surface area contributed by atoms with Crippen LogP contribution in [0.5, 0.6) is 0 Å². The van der Waals surface area contributed by atoms with E-state index in [4.69, 9.17) is 0 Å². The molecule has 0 amide bonds. The Bertz CT molecular complexity index is 263. The van der Waals surface area contributed by atoms with Gasteiger partial charge in [-0.2, -0.15) is 0 Å². The van der Waals surface area contributed by atoms with Gasteiger partial charge >= 0.3 is 0 Å². The molecular weight excluding hydrogens is 162 g/mol. The predicted molar refractivity (Wildman–Crippen MR) is 52.2 cm³/mol. The third kappa shape index (κ3) is 1.57. The van der Waals surface area contributed by atoms with Gasteiger partial charge < -0.3 is 0 Å². The monoisotopic (exact) mass is 177 g/mol. The van der Waals surface area contributed by atoms with Crippen molar-refractivity contribution in [1.82, 2.24) is 14.8 Å². The fraction of sp³-hybridized carbons (Fsp3) is 0.500. The summed E-state index contributed by atoms with van der Waals surface area (Å²) in [5.74, 6) is 0. The number of pyridine rings is 1. The lowest BCUT2D eigenvalue weighted by Gasteiger charge is -2.23. The zero-order valence-corrected chi connectivity index (χ0v) is 8.14. The minimum atomic E-state index is 0.362. The highest BCUT2D eigenvalue weighted by Crippen LogP contribution is 2.24. The van der Waals surface area contributed by atoms with Gasteiger partial charge in [0.15, 0.2) is 0 Å². The first-order valence-corrected chi connectivity index (χ1v) is 4.60. The lowest BCUT2D eigenvalue weighted by Crippen LogP contribution is -2.26. The molecule has 0 saturated carbocycles. The van der Waals surface area contributed by atoms with E-state index >= 15 is 0 Å². The van der Waals surface area contributed by atoms with Crippen molar-refractivity contribution in [3.63, 3.8) is 0 Å². The summed E-state index contributed by atoms with van der Waals surface area (Å²) in [5.41, 5.74) is 1.14. The van der Waals surface area contributed by atoms with E-state index in [1.54, 1.807) is 0 Å². The van der Waals surface area contributed by atoms with E-state index in [0.717, 1.165) is 18.8 Å². The summed E-state index contributed by atoms with van der Waals surface area (Å²) in [6.07, 6.45) is 2.22. The Kier molecular flexibility index (Phi) is 2.29. The molecule has 3 nitrogen and oxygen atoms in total. The maximum atomic E-state index is 4.38. The number of nitrogens with zero attached hydrogens (tertiary/aromatic N) is 3. The Morgan fingerprint density at radius 3 is 2.46 bits per heavy atom. The summed E-state index contributed by atoms with van der Waals surface area (Å²) in [4.78, 5) is 9.02. The molecule has 2 heterocycles. The molecule has 2 rings (SSSR count). The van der Waals surface area contributed by atoms with Crippen LogP contribution >= 0.6 is 0 Å². The van der Waals surface area contributed by atoms with Gasteiger partial charge in [-0.05, 0) is 26.2 Å². The van der Waals surface area contributed by atoms with E-state index in [1.807, 2.05) is 18.3 Å². The van der Waals surface area contributed by atoms with Crippen molar-refractivity contribution in [2.75, 3.05) is 27.2 Å². The molecule has 1 aromatic heterocycles. The van der Waals surface area contributed by atoms with Crippen LogP contribution in [0.15, 0.2) is 24.4 Å². The highest BCUT2D eigenvalue weighted by molar-refractivity contribution is 5.09. The van der Waals surface area contributed by atoms with E-state index in [1.165, 1.54) is 0 Å². The van der Waals surface area contributed by atoms with Crippen LogP contribution in [0, 0.1) is 0 Å². The van der Waals surface area contributed by atoms with Crippen molar-refractivity contribution in [2.24, 2.45) is 0 Å². The first-order valence-electron chi connectivity index (χ1n) is 4.60. The molecule has 1 aromatic rings. The quantitative estimate of drug-likeness (QED) is 0.637. The van der Waals surface area contributed by atoms with Crippen molar-refractivity contribution in [3.8, 4) is 0 Å². The maximum Gasteiger partial charge on any atom is 0.106 e. The van der Waals surface area contributed by atoms with Crippen LogP contribution in [0.2, 0.25) is 0 Å². The van der Waals surface area contributed by atoms with Crippen LogP contribution in [-0.2, 0) is 0 Å². The lowest BCUT2D eigenvalue weighted by atomic mass is 10.3. The van der Waals surface area contributed by atoms with Crippen LogP contribution in [0.25, 0.3) is 0 Å². The average Bonchev–Trinajstić information content (AvgIpc) is 2.48. The van der Waals surface area contributed by atoms with E-state index in [2.05, 4.69) is 34.9 Å². The topological polar surface area (TPSA) is 19.4 Å². The second kappa shape index (κ2) is 3.44. The largest absolute Gasteiger partial charge is 0.285 e. The summed E-state index contributed by atoms with van der Waals surface area (Å²) in [5, 5.41) is 0. The van der Waals surface area contributed by atoms with E-state index in [-0.39, 0.29) is 0 Å². The molecule has 70 valence electrons. The Balaban J connectivity index is 2.25. The number of aromatic nitrogens is 1. The van der Waals surface area contributed by atoms with Crippen molar-refractivity contribution >= 4 is 0 Å². The second-order valence-electron chi connectivity index (χ2n) is 3.59. The molecule has 0 aliphatic carbocycles. The Labute approximate surface area is 79.0 Å². The van der Waals surface area contributed by atoms with Gasteiger partial charge in [0.2, 0.25) is 0 Å². The van der Waals surface area contributed by atoms with Crippen molar-refractivity contribution < 1.29 is 0 Å². The molecule has 1 aliphatic heterocycles. The molecule has 0 radical (unpaired) electrons. The fourth-order valence-electron chi connectivity index (χ4n) is 1.88. The minimum absolute atomic E-state index is 0.362. The van der Waals surface area contributed by atoms with E-state index in [9.17, 15) is 0 Å². The van der Waals surface area contributed by atoms with Crippen molar-refractivity contribution in [3.05, 3.63) is 30.1 Å². The van der Waals surface area contributed by atoms with Crippen molar-refractivity contribution in [1.29, 1.82) is 0 Å². The zero-order chi connectivity index (χ0) is 9.26. The van der Waals surface area contributed by atoms with Gasteiger partial charge in [0.05, 0.1) is 5.69 Å². The number of hydrogen-bond acceptors (Lipinski definition) is 3. The van der Waals surface area contributed by atoms with Gasteiger partial charge in [-0.1, -0.05) is 6.07 Å². The van der Waals surface area contributed by atoms with Crippen LogP contribution in [0.1, 0.15) is 11.9 Å². The second-order valence-corrected chi connectivity index (χ2v) is 3.59. The summed E-state index contributed by atoms with van der Waals surface area (Å²) in [6.45, 7) is 2.25. The summed E-state index contributed by atoms with van der Waals surface area (Å²) < 4.78 is 0. The maximum absolute atomic E-state index is 4.38. The first-order chi connectivity index (χ1) is 6.29. The molecule has 1 aliphatic rings. The summed E-state index contributed by atoms with van der Waals surface area (Å²) in [7, 11) is 4.28. The van der Waals surface area contributed by atoms with E-state index < -0.39 is 0 Å². The number of hydrogen-bond donors (Lipinski definition) is 0. The Morgan fingerprint density at radius 1 is 1.23 bits per heavy atom.